The van der Waals surface area contributed by atoms with Crippen LogP contribution in [-0.4, -0.2) is 14.5 Å². The first-order chi connectivity index (χ1) is 27.2. The van der Waals surface area contributed by atoms with Gasteiger partial charge in [-0.05, 0) is 42.5 Å². The smallest absolute Gasteiger partial charge is 0.161 e. The minimum Gasteiger partial charge on any atom is -0.456 e. The summed E-state index contributed by atoms with van der Waals surface area (Å²) in [4.78, 5) is 10.3. The molecule has 0 fully saturated rings. The Kier molecular flexibility index (Phi) is 6.75. The molecular weight excluding hydrogens is 695 g/mol. The zero-order valence-corrected chi connectivity index (χ0v) is 29.8. The molecule has 11 aromatic rings. The standard InChI is InChI=1S/C48H25N5OS/c49-26-30-23-29(21-22-38(30)53-39-17-7-4-13-31(39)35-24-36-32-14-5-8-18-41(32)54-42(36)25-40(35)53)47-37(27-50)46(28-11-2-1-3-12-28)51-48(52-47)34-16-10-20-44-45(34)33-15-6-9-19-43(33)55-44/h1-25H. The first kappa shape index (κ1) is 31.0. The van der Waals surface area contributed by atoms with Crippen LogP contribution < -0.4 is 0 Å². The van der Waals surface area contributed by atoms with Crippen molar-refractivity contribution in [2.24, 2.45) is 0 Å². The highest BCUT2D eigenvalue weighted by Gasteiger charge is 2.23. The van der Waals surface area contributed by atoms with Gasteiger partial charge >= 0.3 is 0 Å². The maximum Gasteiger partial charge on any atom is 0.161 e. The van der Waals surface area contributed by atoms with Crippen molar-refractivity contribution in [3.8, 4) is 51.7 Å². The molecule has 0 saturated heterocycles. The van der Waals surface area contributed by atoms with Crippen molar-refractivity contribution < 1.29 is 4.42 Å². The zero-order chi connectivity index (χ0) is 36.6. The molecule has 7 heteroatoms. The van der Waals surface area contributed by atoms with Crippen molar-refractivity contribution in [1.29, 1.82) is 10.5 Å². The van der Waals surface area contributed by atoms with Gasteiger partial charge in [-0.3, -0.25) is 0 Å². The van der Waals surface area contributed by atoms with E-state index < -0.39 is 0 Å². The highest BCUT2D eigenvalue weighted by Crippen LogP contribution is 2.42. The van der Waals surface area contributed by atoms with Gasteiger partial charge in [0.25, 0.3) is 0 Å². The summed E-state index contributed by atoms with van der Waals surface area (Å²) in [6.45, 7) is 0. The number of aromatic nitrogens is 3. The Morgan fingerprint density at radius 2 is 1.25 bits per heavy atom. The average Bonchev–Trinajstić information content (AvgIpc) is 3.91. The molecule has 0 spiro atoms. The van der Waals surface area contributed by atoms with Gasteiger partial charge < -0.3 is 8.98 Å². The second-order valence-corrected chi connectivity index (χ2v) is 14.6. The molecular formula is C48H25N5OS. The molecule has 254 valence electrons. The second kappa shape index (κ2) is 12.0. The molecule has 0 N–H and O–H groups in total. The van der Waals surface area contributed by atoms with Gasteiger partial charge in [-0.25, -0.2) is 9.97 Å². The van der Waals surface area contributed by atoms with E-state index in [0.717, 1.165) is 76.0 Å². The van der Waals surface area contributed by atoms with Crippen LogP contribution in [0.2, 0.25) is 0 Å². The zero-order valence-electron chi connectivity index (χ0n) is 29.0. The molecule has 0 aliphatic rings. The Balaban J connectivity index is 1.16. The summed E-state index contributed by atoms with van der Waals surface area (Å²) in [7, 11) is 0. The number of nitrogens with zero attached hydrogens (tertiary/aromatic N) is 5. The lowest BCUT2D eigenvalue weighted by molar-refractivity contribution is 0.669. The molecule has 0 aliphatic carbocycles. The number of nitriles is 2. The van der Waals surface area contributed by atoms with Crippen LogP contribution in [0.5, 0.6) is 0 Å². The predicted octanol–water partition coefficient (Wildman–Crippen LogP) is 12.6. The molecule has 6 nitrogen and oxygen atoms in total. The lowest BCUT2D eigenvalue weighted by Gasteiger charge is -2.15. The molecule has 7 aromatic carbocycles. The van der Waals surface area contributed by atoms with Crippen molar-refractivity contribution in [2.45, 2.75) is 0 Å². The third-order valence-corrected chi connectivity index (χ3v) is 11.6. The van der Waals surface area contributed by atoms with Gasteiger partial charge in [0.15, 0.2) is 5.82 Å². The Bertz CT molecular complexity index is 3470. The summed E-state index contributed by atoms with van der Waals surface area (Å²) >= 11 is 1.74. The molecule has 55 heavy (non-hydrogen) atoms. The van der Waals surface area contributed by atoms with Crippen LogP contribution in [0.1, 0.15) is 11.1 Å². The van der Waals surface area contributed by atoms with Crippen LogP contribution in [0.4, 0.5) is 0 Å². The molecule has 11 rings (SSSR count). The summed E-state index contributed by atoms with van der Waals surface area (Å²) in [6, 6.07) is 55.6. The van der Waals surface area contributed by atoms with Gasteiger partial charge in [0.1, 0.15) is 28.9 Å². The number of rotatable bonds is 4. The van der Waals surface area contributed by atoms with Crippen molar-refractivity contribution >= 4 is 75.3 Å². The molecule has 0 amide bonds. The van der Waals surface area contributed by atoms with Crippen LogP contribution in [0.25, 0.3) is 104 Å². The molecule has 0 bridgehead atoms. The first-order valence-corrected chi connectivity index (χ1v) is 18.7. The van der Waals surface area contributed by atoms with E-state index in [1.807, 2.05) is 97.1 Å². The van der Waals surface area contributed by atoms with Gasteiger partial charge in [0.05, 0.1) is 33.7 Å². The monoisotopic (exact) mass is 719 g/mol. The van der Waals surface area contributed by atoms with E-state index in [-0.39, 0.29) is 0 Å². The molecule has 0 atom stereocenters. The van der Waals surface area contributed by atoms with Crippen molar-refractivity contribution in [1.82, 2.24) is 14.5 Å². The van der Waals surface area contributed by atoms with E-state index in [0.29, 0.717) is 33.9 Å². The number of hydrogen-bond acceptors (Lipinski definition) is 6. The number of para-hydroxylation sites is 2. The molecule has 4 heterocycles. The Morgan fingerprint density at radius 1 is 0.527 bits per heavy atom. The van der Waals surface area contributed by atoms with E-state index in [4.69, 9.17) is 14.4 Å². The fraction of sp³-hybridized carbons (Fsp3) is 0. The van der Waals surface area contributed by atoms with Crippen LogP contribution in [0, 0.1) is 22.7 Å². The third-order valence-electron chi connectivity index (χ3n) is 10.5. The largest absolute Gasteiger partial charge is 0.456 e. The molecule has 0 radical (unpaired) electrons. The maximum atomic E-state index is 10.8. The van der Waals surface area contributed by atoms with E-state index >= 15 is 0 Å². The van der Waals surface area contributed by atoms with Crippen LogP contribution in [0.15, 0.2) is 156 Å². The molecule has 0 saturated carbocycles. The Hall–Kier alpha value is -7.58. The van der Waals surface area contributed by atoms with Gasteiger partial charge in [0.2, 0.25) is 0 Å². The molecule has 4 aromatic heterocycles. The highest BCUT2D eigenvalue weighted by atomic mass is 32.1. The third kappa shape index (κ3) is 4.65. The maximum absolute atomic E-state index is 10.8. The normalized spacial score (nSPS) is 11.6. The van der Waals surface area contributed by atoms with E-state index in [9.17, 15) is 10.5 Å². The van der Waals surface area contributed by atoms with Gasteiger partial charge in [-0.1, -0.05) is 103 Å². The number of benzene rings is 7. The number of furan rings is 1. The Morgan fingerprint density at radius 3 is 2.09 bits per heavy atom. The van der Waals surface area contributed by atoms with Crippen molar-refractivity contribution in [2.75, 3.05) is 0 Å². The van der Waals surface area contributed by atoms with Gasteiger partial charge in [0, 0.05) is 64.5 Å². The summed E-state index contributed by atoms with van der Waals surface area (Å²) in [6.07, 6.45) is 0. The fourth-order valence-electron chi connectivity index (χ4n) is 8.08. The van der Waals surface area contributed by atoms with E-state index in [1.165, 1.54) is 4.70 Å². The Labute approximate surface area is 318 Å². The topological polar surface area (TPSA) is 91.4 Å². The summed E-state index contributed by atoms with van der Waals surface area (Å²) in [5.74, 6) is 0.516. The SMILES string of the molecule is N#Cc1cc(-c2nc(-c3cccc4sc5ccccc5c34)nc(-c3ccccc3)c2C#N)ccc1-n1c2ccccc2c2cc3c(cc21)oc1ccccc13. The van der Waals surface area contributed by atoms with Gasteiger partial charge in [-0.2, -0.15) is 10.5 Å². The van der Waals surface area contributed by atoms with Gasteiger partial charge in [-0.15, -0.1) is 11.3 Å². The molecule has 0 unspecified atom stereocenters. The van der Waals surface area contributed by atoms with E-state index in [1.54, 1.807) is 11.3 Å². The van der Waals surface area contributed by atoms with Crippen LogP contribution in [0.3, 0.4) is 0 Å². The lowest BCUT2D eigenvalue weighted by Crippen LogP contribution is -2.03. The summed E-state index contributed by atoms with van der Waals surface area (Å²) in [5, 5.41) is 28.0. The molecule has 0 aliphatic heterocycles. The van der Waals surface area contributed by atoms with Crippen LogP contribution >= 0.6 is 11.3 Å². The van der Waals surface area contributed by atoms with Crippen LogP contribution in [-0.2, 0) is 0 Å². The summed E-state index contributed by atoms with van der Waals surface area (Å²) in [5.41, 5.74) is 8.39. The predicted molar refractivity (Wildman–Crippen MR) is 222 cm³/mol. The summed E-state index contributed by atoms with van der Waals surface area (Å²) < 4.78 is 10.8. The lowest BCUT2D eigenvalue weighted by atomic mass is 9.98. The highest BCUT2D eigenvalue weighted by molar-refractivity contribution is 7.25. The number of fused-ring (bicyclic) bond motifs is 9. The number of hydrogen-bond donors (Lipinski definition) is 0. The van der Waals surface area contributed by atoms with Crippen molar-refractivity contribution in [3.05, 3.63) is 163 Å². The minimum absolute atomic E-state index is 0.345. The second-order valence-electron chi connectivity index (χ2n) is 13.5. The fourth-order valence-corrected chi connectivity index (χ4v) is 9.21. The first-order valence-electron chi connectivity index (χ1n) is 17.9. The minimum atomic E-state index is 0.345. The average molecular weight is 720 g/mol. The van der Waals surface area contributed by atoms with Crippen molar-refractivity contribution in [3.63, 3.8) is 0 Å². The number of thiophene rings is 1. The quantitative estimate of drug-likeness (QED) is 0.181. The van der Waals surface area contributed by atoms with E-state index in [2.05, 4.69) is 71.3 Å².